The van der Waals surface area contributed by atoms with Gasteiger partial charge < -0.3 is 15.8 Å². The van der Waals surface area contributed by atoms with E-state index in [2.05, 4.69) is 20.3 Å². The van der Waals surface area contributed by atoms with Crippen LogP contribution in [0, 0.1) is 13.8 Å². The maximum Gasteiger partial charge on any atom is 0.232 e. The average Bonchev–Trinajstić information content (AvgIpc) is 2.57. The second kappa shape index (κ2) is 6.95. The van der Waals surface area contributed by atoms with Crippen molar-refractivity contribution < 1.29 is 4.74 Å². The number of rotatable bonds is 5. The molecule has 1 heterocycles. The molecule has 0 aliphatic carbocycles. The molecule has 3 N–H and O–H groups in total. The molecule has 0 aliphatic rings. The Kier molecular flexibility index (Phi) is 4.56. The molecule has 0 fully saturated rings. The molecular formula is C18H19N5O. The molecule has 1 aromatic heterocycles. The van der Waals surface area contributed by atoms with Crippen LogP contribution in [0.3, 0.4) is 0 Å². The lowest BCUT2D eigenvalue weighted by Crippen LogP contribution is -2.09. The van der Waals surface area contributed by atoms with Crippen molar-refractivity contribution in [2.75, 3.05) is 11.1 Å². The van der Waals surface area contributed by atoms with Crippen molar-refractivity contribution in [1.82, 2.24) is 15.0 Å². The third-order valence-corrected chi connectivity index (χ3v) is 3.64. The molecule has 0 amide bonds. The molecular weight excluding hydrogens is 302 g/mol. The highest BCUT2D eigenvalue weighted by Crippen LogP contribution is 2.21. The van der Waals surface area contributed by atoms with Crippen molar-refractivity contribution in [1.29, 1.82) is 0 Å². The van der Waals surface area contributed by atoms with Crippen LogP contribution in [0.15, 0.2) is 48.5 Å². The number of nitrogens with zero attached hydrogens (tertiary/aromatic N) is 3. The summed E-state index contributed by atoms with van der Waals surface area (Å²) in [6.07, 6.45) is 0. The Morgan fingerprint density at radius 2 is 1.75 bits per heavy atom. The van der Waals surface area contributed by atoms with Crippen LogP contribution in [0.25, 0.3) is 0 Å². The van der Waals surface area contributed by atoms with Crippen molar-refractivity contribution in [2.24, 2.45) is 0 Å². The van der Waals surface area contributed by atoms with Crippen molar-refractivity contribution in [3.8, 4) is 5.75 Å². The molecule has 0 radical (unpaired) electrons. The van der Waals surface area contributed by atoms with Gasteiger partial charge in [0.1, 0.15) is 12.4 Å². The van der Waals surface area contributed by atoms with Gasteiger partial charge in [-0.15, -0.1) is 0 Å². The summed E-state index contributed by atoms with van der Waals surface area (Å²) in [5.41, 5.74) is 8.93. The number of benzene rings is 2. The Labute approximate surface area is 140 Å². The van der Waals surface area contributed by atoms with Gasteiger partial charge in [0, 0.05) is 5.69 Å². The normalized spacial score (nSPS) is 10.4. The largest absolute Gasteiger partial charge is 0.485 e. The van der Waals surface area contributed by atoms with Gasteiger partial charge in [0.15, 0.2) is 5.82 Å². The van der Waals surface area contributed by atoms with E-state index < -0.39 is 0 Å². The van der Waals surface area contributed by atoms with Crippen LogP contribution in [0.4, 0.5) is 17.6 Å². The summed E-state index contributed by atoms with van der Waals surface area (Å²) in [6, 6.07) is 15.6. The van der Waals surface area contributed by atoms with E-state index in [0.29, 0.717) is 11.8 Å². The van der Waals surface area contributed by atoms with Crippen LogP contribution in [-0.4, -0.2) is 15.0 Å². The number of aromatic nitrogens is 3. The summed E-state index contributed by atoms with van der Waals surface area (Å²) in [5, 5.41) is 3.11. The fourth-order valence-electron chi connectivity index (χ4n) is 2.23. The van der Waals surface area contributed by atoms with Crippen molar-refractivity contribution in [3.05, 3.63) is 65.5 Å². The molecule has 3 rings (SSSR count). The summed E-state index contributed by atoms with van der Waals surface area (Å²) >= 11 is 0. The highest BCUT2D eigenvalue weighted by molar-refractivity contribution is 5.53. The van der Waals surface area contributed by atoms with Gasteiger partial charge >= 0.3 is 0 Å². The quantitative estimate of drug-likeness (QED) is 0.749. The minimum atomic E-state index is 0.156. The van der Waals surface area contributed by atoms with Crippen LogP contribution >= 0.6 is 0 Å². The topological polar surface area (TPSA) is 86.0 Å². The number of aryl methyl sites for hydroxylation is 1. The lowest BCUT2D eigenvalue weighted by molar-refractivity contribution is 0.293. The van der Waals surface area contributed by atoms with Crippen LogP contribution in [-0.2, 0) is 6.61 Å². The number of ether oxygens (including phenoxy) is 1. The Morgan fingerprint density at radius 3 is 2.54 bits per heavy atom. The maximum atomic E-state index is 5.83. The molecule has 122 valence electrons. The molecule has 0 aliphatic heterocycles. The predicted molar refractivity (Wildman–Crippen MR) is 94.2 cm³/mol. The second-order valence-corrected chi connectivity index (χ2v) is 5.41. The smallest absolute Gasteiger partial charge is 0.232 e. The second-order valence-electron chi connectivity index (χ2n) is 5.41. The summed E-state index contributed by atoms with van der Waals surface area (Å²) < 4.78 is 5.83. The molecule has 0 saturated heterocycles. The van der Waals surface area contributed by atoms with Gasteiger partial charge in [0.25, 0.3) is 0 Å². The molecule has 0 unspecified atom stereocenters. The Bertz CT molecular complexity index is 836. The molecule has 0 saturated carbocycles. The van der Waals surface area contributed by atoms with Gasteiger partial charge in [-0.25, -0.2) is 0 Å². The highest BCUT2D eigenvalue weighted by Gasteiger charge is 2.07. The van der Waals surface area contributed by atoms with E-state index in [1.807, 2.05) is 62.4 Å². The zero-order valence-corrected chi connectivity index (χ0v) is 13.7. The summed E-state index contributed by atoms with van der Waals surface area (Å²) in [6.45, 7) is 4.29. The molecule has 0 atom stereocenters. The SMILES string of the molecule is Cc1cccc(OCc2nc(N)nc(Nc3ccccc3)n2)c1C. The van der Waals surface area contributed by atoms with E-state index in [0.717, 1.165) is 17.0 Å². The van der Waals surface area contributed by atoms with E-state index in [9.17, 15) is 0 Å². The van der Waals surface area contributed by atoms with E-state index in [1.54, 1.807) is 0 Å². The molecule has 0 bridgehead atoms. The van der Waals surface area contributed by atoms with Gasteiger partial charge in [0.2, 0.25) is 11.9 Å². The zero-order chi connectivity index (χ0) is 16.9. The first-order valence-electron chi connectivity index (χ1n) is 7.63. The monoisotopic (exact) mass is 321 g/mol. The van der Waals surface area contributed by atoms with Crippen LogP contribution in [0.2, 0.25) is 0 Å². The number of para-hydroxylation sites is 1. The number of nitrogens with two attached hydrogens (primary N) is 1. The Morgan fingerprint density at radius 1 is 0.958 bits per heavy atom. The zero-order valence-electron chi connectivity index (χ0n) is 13.7. The number of nitrogens with one attached hydrogen (secondary N) is 1. The minimum absolute atomic E-state index is 0.156. The minimum Gasteiger partial charge on any atom is -0.485 e. The highest BCUT2D eigenvalue weighted by atomic mass is 16.5. The fourth-order valence-corrected chi connectivity index (χ4v) is 2.23. The predicted octanol–water partition coefficient (Wildman–Crippen LogP) is 3.39. The fraction of sp³-hybridized carbons (Fsp3) is 0.167. The molecule has 24 heavy (non-hydrogen) atoms. The standard InChI is InChI=1S/C18H19N5O/c1-12-7-6-10-15(13(12)2)24-11-16-21-17(19)23-18(22-16)20-14-8-4-3-5-9-14/h3-10H,11H2,1-2H3,(H3,19,20,21,22,23). The third kappa shape index (κ3) is 3.78. The van der Waals surface area contributed by atoms with Gasteiger partial charge in [-0.05, 0) is 43.2 Å². The Hall–Kier alpha value is -3.15. The van der Waals surface area contributed by atoms with Crippen molar-refractivity contribution >= 4 is 17.6 Å². The molecule has 6 nitrogen and oxygen atoms in total. The summed E-state index contributed by atoms with van der Waals surface area (Å²) in [4.78, 5) is 12.6. The first kappa shape index (κ1) is 15.7. The van der Waals surface area contributed by atoms with Crippen LogP contribution < -0.4 is 15.8 Å². The third-order valence-electron chi connectivity index (χ3n) is 3.64. The van der Waals surface area contributed by atoms with Gasteiger partial charge in [-0.2, -0.15) is 15.0 Å². The van der Waals surface area contributed by atoms with E-state index in [-0.39, 0.29) is 12.6 Å². The summed E-state index contributed by atoms with van der Waals surface area (Å²) in [7, 11) is 0. The molecule has 6 heteroatoms. The Balaban J connectivity index is 1.75. The number of nitrogen functional groups attached to an aromatic ring is 1. The number of hydrogen-bond donors (Lipinski definition) is 2. The average molecular weight is 321 g/mol. The summed E-state index contributed by atoms with van der Waals surface area (Å²) in [5.74, 6) is 1.84. The maximum absolute atomic E-state index is 5.83. The van der Waals surface area contributed by atoms with Gasteiger partial charge in [-0.1, -0.05) is 30.3 Å². The van der Waals surface area contributed by atoms with E-state index in [4.69, 9.17) is 10.5 Å². The molecule has 2 aromatic carbocycles. The first-order chi connectivity index (χ1) is 11.6. The first-order valence-corrected chi connectivity index (χ1v) is 7.63. The van der Waals surface area contributed by atoms with E-state index in [1.165, 1.54) is 5.56 Å². The number of hydrogen-bond acceptors (Lipinski definition) is 6. The molecule has 0 spiro atoms. The van der Waals surface area contributed by atoms with Crippen LogP contribution in [0.5, 0.6) is 5.75 Å². The van der Waals surface area contributed by atoms with Crippen molar-refractivity contribution in [2.45, 2.75) is 20.5 Å². The number of anilines is 3. The molecule has 3 aromatic rings. The van der Waals surface area contributed by atoms with Crippen LogP contribution in [0.1, 0.15) is 17.0 Å². The van der Waals surface area contributed by atoms with Crippen molar-refractivity contribution in [3.63, 3.8) is 0 Å². The lowest BCUT2D eigenvalue weighted by atomic mass is 10.1. The van der Waals surface area contributed by atoms with Gasteiger partial charge in [-0.3, -0.25) is 0 Å². The van der Waals surface area contributed by atoms with E-state index >= 15 is 0 Å². The lowest BCUT2D eigenvalue weighted by Gasteiger charge is -2.11. The van der Waals surface area contributed by atoms with Gasteiger partial charge in [0.05, 0.1) is 0 Å².